The Morgan fingerprint density at radius 2 is 2.05 bits per heavy atom. The number of aromatic hydroxyl groups is 1. The van der Waals surface area contributed by atoms with Crippen LogP contribution in [0, 0.1) is 5.41 Å². The second-order valence-corrected chi connectivity index (χ2v) is 5.39. The summed E-state index contributed by atoms with van der Waals surface area (Å²) in [5.41, 5.74) is 0.0544. The van der Waals surface area contributed by atoms with Crippen molar-refractivity contribution in [3.63, 3.8) is 0 Å². The number of carboxylic acids is 1. The Hall–Kier alpha value is -1.88. The number of aromatic nitrogens is 2. The summed E-state index contributed by atoms with van der Waals surface area (Å²) >= 11 is 5.97. The molecular weight excluding hydrogens is 268 g/mol. The minimum Gasteiger partial charge on any atom is -0.508 e. The number of carbonyl (C=O) groups is 1. The summed E-state index contributed by atoms with van der Waals surface area (Å²) in [6.45, 7) is 3.20. The highest BCUT2D eigenvalue weighted by Gasteiger charge is 2.28. The summed E-state index contributed by atoms with van der Waals surface area (Å²) < 4.78 is 0. The largest absolute Gasteiger partial charge is 0.508 e. The average Bonchev–Trinajstić information content (AvgIpc) is 2.31. The summed E-state index contributed by atoms with van der Waals surface area (Å²) in [5.74, 6) is -0.918. The van der Waals surface area contributed by atoms with Crippen LogP contribution in [0.4, 0.5) is 0 Å². The van der Waals surface area contributed by atoms with Crippen molar-refractivity contribution in [1.82, 2.24) is 9.97 Å². The van der Waals surface area contributed by atoms with Crippen LogP contribution in [0.2, 0.25) is 5.15 Å². The number of phenolic OH excluding ortho intramolecular Hbond substituents is 1. The van der Waals surface area contributed by atoms with Crippen LogP contribution < -0.4 is 0 Å². The number of nitrogens with zero attached hydrogens (tertiary/aromatic N) is 2. The molecule has 0 amide bonds. The van der Waals surface area contributed by atoms with E-state index in [-0.39, 0.29) is 17.3 Å². The zero-order chi connectivity index (χ0) is 14.2. The number of carboxylic acid groups (broad SMARTS) is 1. The number of fused-ring (bicyclic) bond motifs is 1. The van der Waals surface area contributed by atoms with E-state index in [0.29, 0.717) is 16.5 Å². The van der Waals surface area contributed by atoms with E-state index >= 15 is 0 Å². The third-order valence-electron chi connectivity index (χ3n) is 3.00. The molecule has 2 aromatic rings. The molecule has 0 aliphatic heterocycles. The van der Waals surface area contributed by atoms with E-state index in [9.17, 15) is 9.90 Å². The number of hydrogen-bond acceptors (Lipinski definition) is 4. The summed E-state index contributed by atoms with van der Waals surface area (Å²) in [5, 5.41) is 19.9. The third-order valence-corrected chi connectivity index (χ3v) is 3.30. The van der Waals surface area contributed by atoms with Gasteiger partial charge in [0.25, 0.3) is 0 Å². The molecule has 1 aromatic heterocycles. The zero-order valence-electron chi connectivity index (χ0n) is 10.5. The van der Waals surface area contributed by atoms with Crippen molar-refractivity contribution in [2.45, 2.75) is 20.3 Å². The quantitative estimate of drug-likeness (QED) is 0.845. The first-order valence-corrected chi connectivity index (χ1v) is 6.04. The molecule has 5 nitrogen and oxygen atoms in total. The van der Waals surface area contributed by atoms with E-state index in [1.807, 2.05) is 0 Å². The maximum Gasteiger partial charge on any atom is 0.309 e. The first kappa shape index (κ1) is 13.5. The van der Waals surface area contributed by atoms with Crippen LogP contribution >= 0.6 is 11.6 Å². The molecule has 0 saturated carbocycles. The summed E-state index contributed by atoms with van der Waals surface area (Å²) in [4.78, 5) is 19.0. The smallest absolute Gasteiger partial charge is 0.309 e. The van der Waals surface area contributed by atoms with E-state index < -0.39 is 11.4 Å². The number of halogens is 1. The highest BCUT2D eigenvalue weighted by Crippen LogP contribution is 2.32. The van der Waals surface area contributed by atoms with Crippen molar-refractivity contribution in [3.05, 3.63) is 29.2 Å². The molecule has 0 atom stereocenters. The second kappa shape index (κ2) is 4.66. The molecule has 0 bridgehead atoms. The maximum absolute atomic E-state index is 11.1. The lowest BCUT2D eigenvalue weighted by Gasteiger charge is -2.19. The molecule has 6 heteroatoms. The van der Waals surface area contributed by atoms with Gasteiger partial charge in [0.05, 0.1) is 10.9 Å². The Morgan fingerprint density at radius 3 is 2.68 bits per heavy atom. The van der Waals surface area contributed by atoms with Gasteiger partial charge < -0.3 is 10.2 Å². The van der Waals surface area contributed by atoms with Crippen molar-refractivity contribution in [2.24, 2.45) is 5.41 Å². The van der Waals surface area contributed by atoms with Crippen molar-refractivity contribution >= 4 is 28.5 Å². The topological polar surface area (TPSA) is 83.3 Å². The predicted molar refractivity (Wildman–Crippen MR) is 71.3 cm³/mol. The molecule has 0 fully saturated rings. The second-order valence-electron chi connectivity index (χ2n) is 5.03. The molecule has 100 valence electrons. The Balaban J connectivity index is 2.53. The lowest BCUT2D eigenvalue weighted by molar-refractivity contribution is -0.146. The van der Waals surface area contributed by atoms with Gasteiger partial charge in [0.2, 0.25) is 0 Å². The van der Waals surface area contributed by atoms with Crippen LogP contribution in [0.15, 0.2) is 18.5 Å². The van der Waals surface area contributed by atoms with Crippen molar-refractivity contribution in [1.29, 1.82) is 0 Å². The average molecular weight is 281 g/mol. The molecule has 0 radical (unpaired) electrons. The van der Waals surface area contributed by atoms with E-state index in [0.717, 1.165) is 0 Å². The zero-order valence-corrected chi connectivity index (χ0v) is 11.3. The van der Waals surface area contributed by atoms with E-state index in [4.69, 9.17) is 16.7 Å². The van der Waals surface area contributed by atoms with Gasteiger partial charge in [-0.3, -0.25) is 4.79 Å². The van der Waals surface area contributed by atoms with Crippen LogP contribution in [-0.4, -0.2) is 26.2 Å². The molecule has 1 aromatic carbocycles. The third kappa shape index (κ3) is 2.61. The fourth-order valence-electron chi connectivity index (χ4n) is 1.80. The Kier molecular flexibility index (Phi) is 3.32. The fourth-order valence-corrected chi connectivity index (χ4v) is 1.99. The Bertz CT molecular complexity index is 656. The SMILES string of the molecule is CC(C)(Cc1cc2c(Cl)ncnc2cc1O)C(=O)O. The number of aliphatic carboxylic acids is 1. The van der Waals surface area contributed by atoms with E-state index in [1.165, 1.54) is 12.4 Å². The van der Waals surface area contributed by atoms with Gasteiger partial charge in [0, 0.05) is 11.5 Å². The monoisotopic (exact) mass is 280 g/mol. The highest BCUT2D eigenvalue weighted by atomic mass is 35.5. The maximum atomic E-state index is 11.1. The van der Waals surface area contributed by atoms with Gasteiger partial charge in [-0.05, 0) is 31.9 Å². The molecule has 0 aliphatic rings. The first-order chi connectivity index (χ1) is 8.81. The van der Waals surface area contributed by atoms with Crippen LogP contribution in [-0.2, 0) is 11.2 Å². The molecule has 1 heterocycles. The molecular formula is C13H13ClN2O3. The van der Waals surface area contributed by atoms with Crippen LogP contribution in [0.3, 0.4) is 0 Å². The fraction of sp³-hybridized carbons (Fsp3) is 0.308. The number of phenols is 1. The highest BCUT2D eigenvalue weighted by molar-refractivity contribution is 6.34. The molecule has 0 aliphatic carbocycles. The van der Waals surface area contributed by atoms with Gasteiger partial charge in [0.1, 0.15) is 17.2 Å². The standard InChI is InChI=1S/C13H13ClN2O3/c1-13(2,12(18)19)5-7-3-8-9(4-10(7)17)15-6-16-11(8)14/h3-4,6,17H,5H2,1-2H3,(H,18,19). The van der Waals surface area contributed by atoms with Crippen molar-refractivity contribution in [3.8, 4) is 5.75 Å². The Labute approximate surface area is 114 Å². The van der Waals surface area contributed by atoms with Crippen molar-refractivity contribution < 1.29 is 15.0 Å². The lowest BCUT2D eigenvalue weighted by Crippen LogP contribution is -2.26. The summed E-state index contributed by atoms with van der Waals surface area (Å²) in [6.07, 6.45) is 1.50. The molecule has 0 spiro atoms. The molecule has 0 unspecified atom stereocenters. The van der Waals surface area contributed by atoms with Gasteiger partial charge in [-0.25, -0.2) is 9.97 Å². The Morgan fingerprint density at radius 1 is 1.37 bits per heavy atom. The lowest BCUT2D eigenvalue weighted by atomic mass is 9.85. The van der Waals surface area contributed by atoms with Crippen molar-refractivity contribution in [2.75, 3.05) is 0 Å². The normalized spacial score (nSPS) is 11.7. The molecule has 2 N–H and O–H groups in total. The van der Waals surface area contributed by atoms with Crippen LogP contribution in [0.25, 0.3) is 10.9 Å². The minimum atomic E-state index is -0.979. The number of benzene rings is 1. The summed E-state index contributed by atoms with van der Waals surface area (Å²) in [6, 6.07) is 3.11. The van der Waals surface area contributed by atoms with Crippen LogP contribution in [0.1, 0.15) is 19.4 Å². The predicted octanol–water partition coefficient (Wildman–Crippen LogP) is 2.64. The van der Waals surface area contributed by atoms with Gasteiger partial charge >= 0.3 is 5.97 Å². The van der Waals surface area contributed by atoms with Crippen LogP contribution in [0.5, 0.6) is 5.75 Å². The van der Waals surface area contributed by atoms with Gasteiger partial charge in [-0.2, -0.15) is 0 Å². The molecule has 2 rings (SSSR count). The van der Waals surface area contributed by atoms with E-state index in [1.54, 1.807) is 19.9 Å². The van der Waals surface area contributed by atoms with E-state index in [2.05, 4.69) is 9.97 Å². The van der Waals surface area contributed by atoms with Gasteiger partial charge in [-0.1, -0.05) is 11.6 Å². The first-order valence-electron chi connectivity index (χ1n) is 5.67. The van der Waals surface area contributed by atoms with Gasteiger partial charge in [0.15, 0.2) is 0 Å². The van der Waals surface area contributed by atoms with Gasteiger partial charge in [-0.15, -0.1) is 0 Å². The minimum absolute atomic E-state index is 0.0107. The number of hydrogen-bond donors (Lipinski definition) is 2. The summed E-state index contributed by atoms with van der Waals surface area (Å²) in [7, 11) is 0. The number of rotatable bonds is 3. The molecule has 0 saturated heterocycles. The molecule has 19 heavy (non-hydrogen) atoms.